The maximum atomic E-state index is 13.3. The second-order valence-corrected chi connectivity index (χ2v) is 10.3. The highest BCUT2D eigenvalue weighted by molar-refractivity contribution is 5.78. The van der Waals surface area contributed by atoms with Crippen molar-refractivity contribution in [3.63, 3.8) is 0 Å². The molecule has 2 heterocycles. The number of anilines is 1. The zero-order valence-corrected chi connectivity index (χ0v) is 23.4. The molecular formula is C33H37N3O4. The third-order valence-electron chi connectivity index (χ3n) is 8.00. The molecule has 208 valence electrons. The quantitative estimate of drug-likeness (QED) is 0.251. The van der Waals surface area contributed by atoms with Crippen LogP contribution in [0.1, 0.15) is 49.8 Å². The van der Waals surface area contributed by atoms with Crippen LogP contribution in [0.3, 0.4) is 0 Å². The minimum Gasteiger partial charge on any atom is -0.497 e. The molecule has 0 radical (unpaired) electrons. The summed E-state index contributed by atoms with van der Waals surface area (Å²) in [6.07, 6.45) is 5.46. The van der Waals surface area contributed by atoms with Crippen molar-refractivity contribution in [2.75, 3.05) is 31.7 Å². The van der Waals surface area contributed by atoms with Crippen molar-refractivity contribution in [1.29, 1.82) is 0 Å². The summed E-state index contributed by atoms with van der Waals surface area (Å²) in [4.78, 5) is 28.5. The smallest absolute Gasteiger partial charge is 0.333 e. The largest absolute Gasteiger partial charge is 0.497 e. The summed E-state index contributed by atoms with van der Waals surface area (Å²) >= 11 is 0. The first kappa shape index (κ1) is 27.3. The van der Waals surface area contributed by atoms with Crippen LogP contribution in [0.2, 0.25) is 0 Å². The van der Waals surface area contributed by atoms with E-state index in [0.717, 1.165) is 54.2 Å². The van der Waals surface area contributed by atoms with Crippen LogP contribution in [0, 0.1) is 5.92 Å². The van der Waals surface area contributed by atoms with Gasteiger partial charge in [-0.2, -0.15) is 0 Å². The van der Waals surface area contributed by atoms with E-state index in [2.05, 4.69) is 17.0 Å². The lowest BCUT2D eigenvalue weighted by molar-refractivity contribution is -0.146. The van der Waals surface area contributed by atoms with E-state index in [1.807, 2.05) is 93.0 Å². The summed E-state index contributed by atoms with van der Waals surface area (Å²) in [5, 5.41) is 0. The minimum atomic E-state index is -0.235. The van der Waals surface area contributed by atoms with E-state index in [1.54, 1.807) is 16.2 Å². The fraction of sp³-hybridized carbons (Fsp3) is 0.333. The van der Waals surface area contributed by atoms with Crippen molar-refractivity contribution in [3.8, 4) is 11.4 Å². The summed E-state index contributed by atoms with van der Waals surface area (Å²) in [5.74, 6) is 0.644. The van der Waals surface area contributed by atoms with E-state index in [0.29, 0.717) is 6.61 Å². The Labute approximate surface area is 235 Å². The monoisotopic (exact) mass is 539 g/mol. The van der Waals surface area contributed by atoms with E-state index >= 15 is 0 Å². The van der Waals surface area contributed by atoms with Gasteiger partial charge in [0, 0.05) is 31.2 Å². The van der Waals surface area contributed by atoms with Gasteiger partial charge in [0.2, 0.25) is 0 Å². The SMILES string of the molecule is CCOC(=O)C(c1ccccc1)C1CCN(c2ccc(-n3ccn([C@H](C)c4cccc(OC)c4)c3=O)cc2)CC1. The van der Waals surface area contributed by atoms with Crippen LogP contribution in [0.15, 0.2) is 96.1 Å². The van der Waals surface area contributed by atoms with Gasteiger partial charge in [-0.1, -0.05) is 42.5 Å². The fourth-order valence-corrected chi connectivity index (χ4v) is 5.75. The number of imidazole rings is 1. The maximum Gasteiger partial charge on any atom is 0.333 e. The molecule has 1 aromatic heterocycles. The average molecular weight is 540 g/mol. The lowest BCUT2D eigenvalue weighted by atomic mass is 9.80. The second kappa shape index (κ2) is 12.3. The van der Waals surface area contributed by atoms with Crippen molar-refractivity contribution in [3.05, 3.63) is 113 Å². The Hall–Kier alpha value is -4.26. The number of carbonyl (C=O) groups is 1. The molecule has 40 heavy (non-hydrogen) atoms. The highest BCUT2D eigenvalue weighted by atomic mass is 16.5. The molecule has 5 rings (SSSR count). The van der Waals surface area contributed by atoms with Crippen molar-refractivity contribution in [2.45, 2.75) is 38.6 Å². The van der Waals surface area contributed by atoms with Gasteiger partial charge >= 0.3 is 11.7 Å². The second-order valence-electron chi connectivity index (χ2n) is 10.3. The zero-order chi connectivity index (χ0) is 28.1. The van der Waals surface area contributed by atoms with Gasteiger partial charge in [0.15, 0.2) is 0 Å². The zero-order valence-electron chi connectivity index (χ0n) is 23.4. The minimum absolute atomic E-state index is 0.0881. The molecule has 1 aliphatic rings. The molecule has 2 atom stereocenters. The van der Waals surface area contributed by atoms with Crippen LogP contribution in [-0.4, -0.2) is 41.9 Å². The Bertz CT molecular complexity index is 1470. The van der Waals surface area contributed by atoms with E-state index in [4.69, 9.17) is 9.47 Å². The Kier molecular flexibility index (Phi) is 8.39. The fourth-order valence-electron chi connectivity index (χ4n) is 5.75. The van der Waals surface area contributed by atoms with E-state index in [1.165, 1.54) is 0 Å². The van der Waals surface area contributed by atoms with Gasteiger partial charge in [0.25, 0.3) is 0 Å². The molecular weight excluding hydrogens is 502 g/mol. The lowest BCUT2D eigenvalue weighted by Gasteiger charge is -2.36. The molecule has 0 aliphatic carbocycles. The summed E-state index contributed by atoms with van der Waals surface area (Å²) in [5.41, 5.74) is 3.89. The molecule has 4 aromatic rings. The molecule has 0 N–H and O–H groups in total. The normalized spacial score (nSPS) is 15.4. The summed E-state index contributed by atoms with van der Waals surface area (Å²) < 4.78 is 14.2. The number of hydrogen-bond acceptors (Lipinski definition) is 5. The number of nitrogens with zero attached hydrogens (tertiary/aromatic N) is 3. The third-order valence-corrected chi connectivity index (χ3v) is 8.00. The number of ether oxygens (including phenoxy) is 2. The molecule has 1 unspecified atom stereocenters. The maximum absolute atomic E-state index is 13.3. The molecule has 0 saturated carbocycles. The molecule has 1 saturated heterocycles. The van der Waals surface area contributed by atoms with Gasteiger partial charge in [-0.05, 0) is 80.1 Å². The summed E-state index contributed by atoms with van der Waals surface area (Å²) in [6.45, 7) is 5.98. The standard InChI is InChI=1S/C33H37N3O4/c1-4-40-32(37)31(25-9-6-5-7-10-25)26-17-19-34(20-18-26)28-13-15-29(16-14-28)36-22-21-35(33(36)38)24(2)27-11-8-12-30(23-27)39-3/h5-16,21-24,26,31H,4,17-20H2,1-3H3/t24-,31?/m1/s1. The Morgan fingerprint density at radius 3 is 2.25 bits per heavy atom. The summed E-state index contributed by atoms with van der Waals surface area (Å²) in [6, 6.07) is 25.8. The van der Waals surface area contributed by atoms with Crippen molar-refractivity contribution in [1.82, 2.24) is 9.13 Å². The number of rotatable bonds is 9. The van der Waals surface area contributed by atoms with Gasteiger partial charge in [0.05, 0.1) is 31.4 Å². The Morgan fingerprint density at radius 2 is 1.57 bits per heavy atom. The predicted molar refractivity (Wildman–Crippen MR) is 158 cm³/mol. The van der Waals surface area contributed by atoms with Crippen molar-refractivity contribution >= 4 is 11.7 Å². The molecule has 1 fully saturated rings. The number of hydrogen-bond donors (Lipinski definition) is 0. The number of esters is 1. The molecule has 7 heteroatoms. The number of piperidine rings is 1. The molecule has 0 bridgehead atoms. The average Bonchev–Trinajstić information content (AvgIpc) is 3.39. The highest BCUT2D eigenvalue weighted by Gasteiger charge is 2.33. The first-order valence-electron chi connectivity index (χ1n) is 14.0. The number of methoxy groups -OCH3 is 1. The van der Waals surface area contributed by atoms with Crippen LogP contribution in [0.5, 0.6) is 5.75 Å². The van der Waals surface area contributed by atoms with E-state index in [9.17, 15) is 9.59 Å². The van der Waals surface area contributed by atoms with Crippen molar-refractivity contribution in [2.24, 2.45) is 5.92 Å². The Morgan fingerprint density at radius 1 is 0.900 bits per heavy atom. The Balaban J connectivity index is 1.27. The molecule has 1 aliphatic heterocycles. The van der Waals surface area contributed by atoms with E-state index < -0.39 is 0 Å². The van der Waals surface area contributed by atoms with Crippen molar-refractivity contribution < 1.29 is 14.3 Å². The third kappa shape index (κ3) is 5.69. The van der Waals surface area contributed by atoms with E-state index in [-0.39, 0.29) is 29.5 Å². The number of aromatic nitrogens is 2. The van der Waals surface area contributed by atoms with Gasteiger partial charge in [0.1, 0.15) is 5.75 Å². The van der Waals surface area contributed by atoms with Gasteiger partial charge in [-0.25, -0.2) is 4.79 Å². The summed E-state index contributed by atoms with van der Waals surface area (Å²) in [7, 11) is 1.64. The lowest BCUT2D eigenvalue weighted by Crippen LogP contribution is -2.37. The van der Waals surface area contributed by atoms with Crippen LogP contribution < -0.4 is 15.3 Å². The molecule has 0 spiro atoms. The topological polar surface area (TPSA) is 65.7 Å². The van der Waals surface area contributed by atoms with Crippen LogP contribution >= 0.6 is 0 Å². The number of benzene rings is 3. The van der Waals surface area contributed by atoms with Gasteiger partial charge in [-0.3, -0.25) is 13.9 Å². The molecule has 0 amide bonds. The molecule has 3 aromatic carbocycles. The van der Waals surface area contributed by atoms with Crippen LogP contribution in [0.4, 0.5) is 5.69 Å². The van der Waals surface area contributed by atoms with Gasteiger partial charge < -0.3 is 14.4 Å². The molecule has 7 nitrogen and oxygen atoms in total. The highest BCUT2D eigenvalue weighted by Crippen LogP contribution is 2.35. The van der Waals surface area contributed by atoms with Crippen LogP contribution in [-0.2, 0) is 9.53 Å². The first-order valence-corrected chi connectivity index (χ1v) is 14.0. The first-order chi connectivity index (χ1) is 19.5. The van der Waals surface area contributed by atoms with Gasteiger partial charge in [-0.15, -0.1) is 0 Å². The number of carbonyl (C=O) groups excluding carboxylic acids is 1. The predicted octanol–water partition coefficient (Wildman–Crippen LogP) is 5.82. The van der Waals surface area contributed by atoms with Crippen LogP contribution in [0.25, 0.3) is 5.69 Å².